The first-order valence-electron chi connectivity index (χ1n) is 10.6. The van der Waals surface area contributed by atoms with E-state index in [0.717, 1.165) is 18.4 Å². The Morgan fingerprint density at radius 1 is 0.867 bits per heavy atom. The van der Waals surface area contributed by atoms with Gasteiger partial charge < -0.3 is 9.80 Å². The molecule has 3 aromatic carbocycles. The molecule has 0 bridgehead atoms. The minimum Gasteiger partial charge on any atom is -0.322 e. The summed E-state index contributed by atoms with van der Waals surface area (Å²) >= 11 is 0. The number of hydrogen-bond acceptors (Lipinski definition) is 3. The van der Waals surface area contributed by atoms with Gasteiger partial charge in [0.05, 0.1) is 16.9 Å². The molecule has 1 aromatic heterocycles. The van der Waals surface area contributed by atoms with Crippen molar-refractivity contribution < 1.29 is 0 Å². The lowest BCUT2D eigenvalue weighted by atomic mass is 9.97. The highest BCUT2D eigenvalue weighted by atomic mass is 15.4. The lowest BCUT2D eigenvalue weighted by Crippen LogP contribution is -2.42. The minimum atomic E-state index is 0.253. The van der Waals surface area contributed by atoms with E-state index in [-0.39, 0.29) is 6.17 Å². The first-order chi connectivity index (χ1) is 14.8. The average Bonchev–Trinajstić information content (AvgIpc) is 3.19. The summed E-state index contributed by atoms with van der Waals surface area (Å²) in [4.78, 5) is 9.73. The Hall–Kier alpha value is -3.59. The standard InChI is InChI=1S/C27H23N3/c1-19-9-14-23(15-10-19)30-24(20-6-3-2-4-7-20)18-29-25(30)16-13-22-12-11-21-8-5-17-28-26(21)27(22)29/h2-12,14-15,17-18,25H,13,16H2,1H3/t25-/m0/s1. The van der Waals surface area contributed by atoms with Crippen LogP contribution >= 0.6 is 0 Å². The van der Waals surface area contributed by atoms with E-state index in [2.05, 4.69) is 95.7 Å². The van der Waals surface area contributed by atoms with Gasteiger partial charge in [0.25, 0.3) is 0 Å². The van der Waals surface area contributed by atoms with Gasteiger partial charge in [0.1, 0.15) is 6.17 Å². The SMILES string of the molecule is Cc1ccc(N2C(c3ccccc3)=CN3c4c(ccc5cccnc45)CC[C@@H]32)cc1. The summed E-state index contributed by atoms with van der Waals surface area (Å²) < 4.78 is 0. The van der Waals surface area contributed by atoms with Crippen LogP contribution in [0.1, 0.15) is 23.1 Å². The third kappa shape index (κ3) is 2.62. The number of nitrogens with zero attached hydrogens (tertiary/aromatic N) is 3. The largest absolute Gasteiger partial charge is 0.322 e. The van der Waals surface area contributed by atoms with Crippen molar-refractivity contribution in [1.29, 1.82) is 0 Å². The molecule has 1 atom stereocenters. The molecule has 0 unspecified atom stereocenters. The second kappa shape index (κ2) is 6.74. The van der Waals surface area contributed by atoms with E-state index in [9.17, 15) is 0 Å². The molecule has 146 valence electrons. The zero-order valence-electron chi connectivity index (χ0n) is 17.0. The average molecular weight is 390 g/mol. The zero-order chi connectivity index (χ0) is 20.1. The van der Waals surface area contributed by atoms with E-state index in [4.69, 9.17) is 4.98 Å². The molecule has 0 fully saturated rings. The Labute approximate surface area is 176 Å². The number of hydrogen-bond donors (Lipinski definition) is 0. The van der Waals surface area contributed by atoms with Crippen molar-refractivity contribution in [2.45, 2.75) is 25.9 Å². The fourth-order valence-electron chi connectivity index (χ4n) is 4.83. The number of anilines is 2. The third-order valence-corrected chi connectivity index (χ3v) is 6.28. The van der Waals surface area contributed by atoms with Gasteiger partial charge in [0.2, 0.25) is 0 Å². The van der Waals surface area contributed by atoms with Crippen LogP contribution in [-0.4, -0.2) is 11.1 Å². The number of fused-ring (bicyclic) bond motifs is 5. The second-order valence-electron chi connectivity index (χ2n) is 8.16. The number of rotatable bonds is 2. The van der Waals surface area contributed by atoms with Gasteiger partial charge in [-0.2, -0.15) is 0 Å². The highest BCUT2D eigenvalue weighted by Gasteiger charge is 2.38. The fraction of sp³-hybridized carbons (Fsp3) is 0.148. The summed E-state index contributed by atoms with van der Waals surface area (Å²) in [7, 11) is 0. The Kier molecular flexibility index (Phi) is 3.88. The lowest BCUT2D eigenvalue weighted by Gasteiger charge is -2.38. The second-order valence-corrected chi connectivity index (χ2v) is 8.16. The van der Waals surface area contributed by atoms with Crippen molar-refractivity contribution in [2.24, 2.45) is 0 Å². The van der Waals surface area contributed by atoms with Crippen LogP contribution in [0, 0.1) is 6.92 Å². The van der Waals surface area contributed by atoms with Crippen LogP contribution in [0.5, 0.6) is 0 Å². The normalized spacial score (nSPS) is 17.6. The van der Waals surface area contributed by atoms with Gasteiger partial charge in [-0.05, 0) is 49.1 Å². The Morgan fingerprint density at radius 2 is 1.70 bits per heavy atom. The molecule has 0 saturated heterocycles. The quantitative estimate of drug-likeness (QED) is 0.410. The molecule has 3 heteroatoms. The summed E-state index contributed by atoms with van der Waals surface area (Å²) in [6, 6.07) is 28.3. The summed E-state index contributed by atoms with van der Waals surface area (Å²) in [6.45, 7) is 2.14. The van der Waals surface area contributed by atoms with E-state index < -0.39 is 0 Å². The first-order valence-corrected chi connectivity index (χ1v) is 10.6. The molecular weight excluding hydrogens is 366 g/mol. The third-order valence-electron chi connectivity index (χ3n) is 6.28. The molecule has 6 rings (SSSR count). The summed E-state index contributed by atoms with van der Waals surface area (Å²) in [5.74, 6) is 0. The summed E-state index contributed by atoms with van der Waals surface area (Å²) in [5.41, 5.74) is 8.73. The Morgan fingerprint density at radius 3 is 2.53 bits per heavy atom. The number of aromatic nitrogens is 1. The maximum Gasteiger partial charge on any atom is 0.111 e. The number of benzene rings is 3. The van der Waals surface area contributed by atoms with Gasteiger partial charge in [0.15, 0.2) is 0 Å². The zero-order valence-corrected chi connectivity index (χ0v) is 17.0. The van der Waals surface area contributed by atoms with Crippen molar-refractivity contribution in [3.63, 3.8) is 0 Å². The predicted molar refractivity (Wildman–Crippen MR) is 124 cm³/mol. The van der Waals surface area contributed by atoms with Crippen molar-refractivity contribution in [2.75, 3.05) is 9.80 Å². The van der Waals surface area contributed by atoms with Crippen LogP contribution in [0.3, 0.4) is 0 Å². The van der Waals surface area contributed by atoms with Crippen LogP contribution in [0.25, 0.3) is 16.6 Å². The summed E-state index contributed by atoms with van der Waals surface area (Å²) in [5, 5.41) is 1.19. The first kappa shape index (κ1) is 17.3. The van der Waals surface area contributed by atoms with Gasteiger partial charge in [-0.1, -0.05) is 66.2 Å². The number of pyridine rings is 1. The molecular formula is C27H23N3. The van der Waals surface area contributed by atoms with Gasteiger partial charge in [0, 0.05) is 23.5 Å². The van der Waals surface area contributed by atoms with E-state index in [1.165, 1.54) is 39.1 Å². The maximum atomic E-state index is 4.77. The molecule has 4 aromatic rings. The van der Waals surface area contributed by atoms with Gasteiger partial charge in [-0.3, -0.25) is 4.98 Å². The topological polar surface area (TPSA) is 19.4 Å². The molecule has 0 aliphatic carbocycles. The molecule has 2 aliphatic rings. The van der Waals surface area contributed by atoms with Gasteiger partial charge in [-0.15, -0.1) is 0 Å². The van der Waals surface area contributed by atoms with Crippen LogP contribution in [-0.2, 0) is 6.42 Å². The lowest BCUT2D eigenvalue weighted by molar-refractivity contribution is 0.601. The maximum absolute atomic E-state index is 4.77. The van der Waals surface area contributed by atoms with Crippen LogP contribution in [0.15, 0.2) is 91.3 Å². The molecule has 0 N–H and O–H groups in total. The van der Waals surface area contributed by atoms with Crippen molar-refractivity contribution in [3.8, 4) is 0 Å². The molecule has 3 nitrogen and oxygen atoms in total. The molecule has 0 radical (unpaired) electrons. The van der Waals surface area contributed by atoms with Crippen molar-refractivity contribution >= 4 is 28.0 Å². The Balaban J connectivity index is 1.56. The molecule has 0 spiro atoms. The molecule has 2 aliphatic heterocycles. The highest BCUT2D eigenvalue weighted by Crippen LogP contribution is 2.45. The monoisotopic (exact) mass is 389 g/mol. The van der Waals surface area contributed by atoms with Gasteiger partial charge in [-0.25, -0.2) is 0 Å². The fourth-order valence-corrected chi connectivity index (χ4v) is 4.83. The minimum absolute atomic E-state index is 0.253. The van der Waals surface area contributed by atoms with E-state index >= 15 is 0 Å². The predicted octanol–water partition coefficient (Wildman–Crippen LogP) is 6.14. The van der Waals surface area contributed by atoms with Crippen molar-refractivity contribution in [3.05, 3.63) is 108 Å². The van der Waals surface area contributed by atoms with Crippen LogP contribution < -0.4 is 9.80 Å². The molecule has 0 saturated carbocycles. The van der Waals surface area contributed by atoms with E-state index in [1.54, 1.807) is 0 Å². The number of aryl methyl sites for hydroxylation is 2. The van der Waals surface area contributed by atoms with Crippen LogP contribution in [0.4, 0.5) is 11.4 Å². The van der Waals surface area contributed by atoms with Gasteiger partial charge >= 0.3 is 0 Å². The van der Waals surface area contributed by atoms with E-state index in [0.29, 0.717) is 0 Å². The van der Waals surface area contributed by atoms with E-state index in [1.807, 2.05) is 12.3 Å². The summed E-state index contributed by atoms with van der Waals surface area (Å²) in [6.07, 6.45) is 6.62. The van der Waals surface area contributed by atoms with Crippen LogP contribution in [0.2, 0.25) is 0 Å². The highest BCUT2D eigenvalue weighted by molar-refractivity contribution is 5.97. The molecule has 3 heterocycles. The Bertz CT molecular complexity index is 1260. The molecule has 0 amide bonds. The molecule has 30 heavy (non-hydrogen) atoms. The smallest absolute Gasteiger partial charge is 0.111 e. The van der Waals surface area contributed by atoms with Crippen molar-refractivity contribution in [1.82, 2.24) is 4.98 Å².